The number of amides is 1. The van der Waals surface area contributed by atoms with E-state index in [9.17, 15) is 4.79 Å². The molecule has 108 valence electrons. The quantitative estimate of drug-likeness (QED) is 0.446. The summed E-state index contributed by atoms with van der Waals surface area (Å²) in [6, 6.07) is 7.96. The van der Waals surface area contributed by atoms with Gasteiger partial charge in [-0.15, -0.1) is 0 Å². The predicted octanol–water partition coefficient (Wildman–Crippen LogP) is 3.70. The topological polar surface area (TPSA) is 52.3 Å². The Morgan fingerprint density at radius 2 is 1.95 bits per heavy atom. The lowest BCUT2D eigenvalue weighted by molar-refractivity contribution is -0.113. The van der Waals surface area contributed by atoms with Crippen molar-refractivity contribution in [3.05, 3.63) is 48.1 Å². The number of ether oxygens (including phenoxy) is 1. The van der Waals surface area contributed by atoms with Gasteiger partial charge in [0.05, 0.1) is 7.11 Å². The van der Waals surface area contributed by atoms with E-state index < -0.39 is 5.91 Å². The van der Waals surface area contributed by atoms with Gasteiger partial charge >= 0.3 is 0 Å². The zero-order valence-corrected chi connectivity index (χ0v) is 12.3. The van der Waals surface area contributed by atoms with Crippen LogP contribution < -0.4 is 10.5 Å². The molecule has 1 aromatic rings. The Bertz CT molecular complexity index is 472. The smallest absolute Gasteiger partial charge is 0.241 e. The number of carbonyl (C=O) groups is 1. The molecule has 0 saturated heterocycles. The Morgan fingerprint density at radius 3 is 2.50 bits per heavy atom. The summed E-state index contributed by atoms with van der Waals surface area (Å²) in [5.74, 6) is 0.415. The molecule has 0 aliphatic carbocycles. The molecule has 0 atom stereocenters. The summed E-state index contributed by atoms with van der Waals surface area (Å²) in [6.45, 7) is 2.18. The SMILES string of the molecule is CCCCCC(=CC=CC(N)=O)c1ccc(OC)cc1. The van der Waals surface area contributed by atoms with Crippen molar-refractivity contribution in [1.82, 2.24) is 0 Å². The van der Waals surface area contributed by atoms with E-state index in [0.717, 1.165) is 24.2 Å². The van der Waals surface area contributed by atoms with Crippen molar-refractivity contribution in [2.75, 3.05) is 7.11 Å². The predicted molar refractivity (Wildman–Crippen MR) is 83.4 cm³/mol. The van der Waals surface area contributed by atoms with Gasteiger partial charge in [0.1, 0.15) is 5.75 Å². The first-order chi connectivity index (χ1) is 9.67. The minimum atomic E-state index is -0.427. The van der Waals surface area contributed by atoms with Crippen molar-refractivity contribution in [3.8, 4) is 5.75 Å². The van der Waals surface area contributed by atoms with Crippen molar-refractivity contribution >= 4 is 11.5 Å². The van der Waals surface area contributed by atoms with Crippen molar-refractivity contribution < 1.29 is 9.53 Å². The summed E-state index contributed by atoms with van der Waals surface area (Å²) in [5.41, 5.74) is 7.46. The van der Waals surface area contributed by atoms with E-state index in [1.54, 1.807) is 13.2 Å². The highest BCUT2D eigenvalue weighted by Crippen LogP contribution is 2.23. The molecule has 0 saturated carbocycles. The highest BCUT2D eigenvalue weighted by atomic mass is 16.5. The fraction of sp³-hybridized carbons (Fsp3) is 0.353. The first-order valence-corrected chi connectivity index (χ1v) is 6.98. The van der Waals surface area contributed by atoms with Crippen LogP contribution in [0.1, 0.15) is 38.2 Å². The van der Waals surface area contributed by atoms with Gasteiger partial charge in [-0.2, -0.15) is 0 Å². The molecule has 20 heavy (non-hydrogen) atoms. The largest absolute Gasteiger partial charge is 0.497 e. The summed E-state index contributed by atoms with van der Waals surface area (Å²) in [7, 11) is 1.66. The van der Waals surface area contributed by atoms with Crippen LogP contribution in [0.15, 0.2) is 42.5 Å². The number of nitrogens with two attached hydrogens (primary N) is 1. The van der Waals surface area contributed by atoms with Crippen LogP contribution in [-0.2, 0) is 4.79 Å². The minimum Gasteiger partial charge on any atom is -0.497 e. The zero-order valence-electron chi connectivity index (χ0n) is 12.3. The lowest BCUT2D eigenvalue weighted by Crippen LogP contribution is -2.04. The number of methoxy groups -OCH3 is 1. The van der Waals surface area contributed by atoms with Gasteiger partial charge in [-0.05, 0) is 36.1 Å². The Kier molecular flexibility index (Phi) is 7.18. The summed E-state index contributed by atoms with van der Waals surface area (Å²) in [6.07, 6.45) is 9.57. The van der Waals surface area contributed by atoms with Crippen molar-refractivity contribution in [2.24, 2.45) is 5.73 Å². The molecule has 3 nitrogen and oxygen atoms in total. The average molecular weight is 273 g/mol. The van der Waals surface area contributed by atoms with Crippen LogP contribution in [0.2, 0.25) is 0 Å². The summed E-state index contributed by atoms with van der Waals surface area (Å²) in [5, 5.41) is 0. The molecule has 2 N–H and O–H groups in total. The molecule has 3 heteroatoms. The number of hydrogen-bond donors (Lipinski definition) is 1. The van der Waals surface area contributed by atoms with Gasteiger partial charge in [0.25, 0.3) is 0 Å². The van der Waals surface area contributed by atoms with Gasteiger partial charge in [-0.3, -0.25) is 4.79 Å². The third-order valence-electron chi connectivity index (χ3n) is 3.07. The second-order valence-electron chi connectivity index (χ2n) is 4.64. The molecule has 0 heterocycles. The monoisotopic (exact) mass is 273 g/mol. The molecule has 0 spiro atoms. The van der Waals surface area contributed by atoms with E-state index >= 15 is 0 Å². The molecule has 0 bridgehead atoms. The number of carbonyl (C=O) groups excluding carboxylic acids is 1. The van der Waals surface area contributed by atoms with Crippen molar-refractivity contribution in [1.29, 1.82) is 0 Å². The second-order valence-corrected chi connectivity index (χ2v) is 4.64. The molecular weight excluding hydrogens is 250 g/mol. The first-order valence-electron chi connectivity index (χ1n) is 6.98. The molecule has 0 unspecified atom stereocenters. The normalized spacial score (nSPS) is 11.8. The van der Waals surface area contributed by atoms with Crippen LogP contribution in [0, 0.1) is 0 Å². The molecule has 0 aromatic heterocycles. The highest BCUT2D eigenvalue weighted by Gasteiger charge is 2.01. The van der Waals surface area contributed by atoms with E-state index in [1.165, 1.54) is 24.5 Å². The van der Waals surface area contributed by atoms with Crippen LogP contribution in [0.3, 0.4) is 0 Å². The molecule has 0 aliphatic heterocycles. The molecule has 0 fully saturated rings. The maximum atomic E-state index is 10.8. The van der Waals surface area contributed by atoms with Gasteiger partial charge in [-0.25, -0.2) is 0 Å². The van der Waals surface area contributed by atoms with Crippen molar-refractivity contribution in [2.45, 2.75) is 32.6 Å². The maximum absolute atomic E-state index is 10.8. The molecular formula is C17H23NO2. The second kappa shape index (κ2) is 8.97. The van der Waals surface area contributed by atoms with Crippen LogP contribution in [0.4, 0.5) is 0 Å². The van der Waals surface area contributed by atoms with Gasteiger partial charge < -0.3 is 10.5 Å². The Morgan fingerprint density at radius 1 is 1.25 bits per heavy atom. The fourth-order valence-corrected chi connectivity index (χ4v) is 1.95. The van der Waals surface area contributed by atoms with Gasteiger partial charge in [0, 0.05) is 6.08 Å². The third kappa shape index (κ3) is 5.74. The zero-order chi connectivity index (χ0) is 14.8. The standard InChI is InChI=1S/C17H23NO2/c1-3-4-5-7-14(8-6-9-17(18)19)15-10-12-16(20-2)13-11-15/h6,8-13H,3-5,7H2,1-2H3,(H2,18,19). The maximum Gasteiger partial charge on any atom is 0.241 e. The average Bonchev–Trinajstić information content (AvgIpc) is 2.46. The number of rotatable bonds is 8. The molecule has 1 rings (SSSR count). The third-order valence-corrected chi connectivity index (χ3v) is 3.07. The Balaban J connectivity index is 2.86. The summed E-state index contributed by atoms with van der Waals surface area (Å²) < 4.78 is 5.17. The minimum absolute atomic E-state index is 0.427. The van der Waals surface area contributed by atoms with Crippen LogP contribution in [-0.4, -0.2) is 13.0 Å². The molecule has 0 aliphatic rings. The fourth-order valence-electron chi connectivity index (χ4n) is 1.95. The number of hydrogen-bond acceptors (Lipinski definition) is 2. The van der Waals surface area contributed by atoms with Crippen LogP contribution in [0.25, 0.3) is 5.57 Å². The Labute approximate surface area is 121 Å². The van der Waals surface area contributed by atoms with Crippen LogP contribution >= 0.6 is 0 Å². The van der Waals surface area contributed by atoms with E-state index in [4.69, 9.17) is 10.5 Å². The summed E-state index contributed by atoms with van der Waals surface area (Å²) in [4.78, 5) is 10.8. The van der Waals surface area contributed by atoms with E-state index in [0.29, 0.717) is 0 Å². The number of allylic oxidation sites excluding steroid dienone is 3. The lowest BCUT2D eigenvalue weighted by atomic mass is 9.99. The van der Waals surface area contributed by atoms with E-state index in [2.05, 4.69) is 6.92 Å². The lowest BCUT2D eigenvalue weighted by Gasteiger charge is -2.08. The number of primary amides is 1. The van der Waals surface area contributed by atoms with E-state index in [1.807, 2.05) is 30.3 Å². The first kappa shape index (κ1) is 16.0. The highest BCUT2D eigenvalue weighted by molar-refractivity contribution is 5.86. The van der Waals surface area contributed by atoms with Crippen LogP contribution in [0.5, 0.6) is 5.75 Å². The van der Waals surface area contributed by atoms with E-state index in [-0.39, 0.29) is 0 Å². The van der Waals surface area contributed by atoms with Gasteiger partial charge in [0.15, 0.2) is 0 Å². The van der Waals surface area contributed by atoms with Gasteiger partial charge in [0.2, 0.25) is 5.91 Å². The number of benzene rings is 1. The molecule has 1 aromatic carbocycles. The molecule has 0 radical (unpaired) electrons. The number of unbranched alkanes of at least 4 members (excludes halogenated alkanes) is 2. The van der Waals surface area contributed by atoms with Crippen molar-refractivity contribution in [3.63, 3.8) is 0 Å². The molecule has 1 amide bonds. The Hall–Kier alpha value is -2.03. The van der Waals surface area contributed by atoms with Gasteiger partial charge in [-0.1, -0.05) is 44.1 Å². The summed E-state index contributed by atoms with van der Waals surface area (Å²) >= 11 is 0.